The lowest BCUT2D eigenvalue weighted by atomic mass is 10.0. The minimum absolute atomic E-state index is 0.204. The largest absolute Gasteiger partial charge is 0.324 e. The number of aromatic nitrogens is 3. The van der Waals surface area contributed by atoms with Gasteiger partial charge in [0, 0.05) is 21.8 Å². The molecule has 0 saturated carbocycles. The molecule has 0 saturated heterocycles. The summed E-state index contributed by atoms with van der Waals surface area (Å²) in [5.74, 6) is 0.394. The molecule has 8 heteroatoms. The second kappa shape index (κ2) is 9.55. The molecule has 1 aliphatic heterocycles. The molecule has 4 aromatic rings. The van der Waals surface area contributed by atoms with Crippen molar-refractivity contribution in [3.8, 4) is 0 Å². The first-order chi connectivity index (χ1) is 16.5. The van der Waals surface area contributed by atoms with Gasteiger partial charge >= 0.3 is 0 Å². The van der Waals surface area contributed by atoms with Crippen LogP contribution < -0.4 is 10.6 Å². The van der Waals surface area contributed by atoms with Gasteiger partial charge in [0.05, 0.1) is 0 Å². The van der Waals surface area contributed by atoms with E-state index in [2.05, 4.69) is 26.8 Å². The van der Waals surface area contributed by atoms with E-state index in [1.165, 1.54) is 6.08 Å². The van der Waals surface area contributed by atoms with Gasteiger partial charge in [-0.05, 0) is 53.1 Å². The Balaban J connectivity index is 1.42. The maximum absolute atomic E-state index is 12.5. The number of hydrogen-bond donors (Lipinski definition) is 2. The van der Waals surface area contributed by atoms with Crippen LogP contribution in [0.5, 0.6) is 0 Å². The molecule has 0 radical (unpaired) electrons. The number of allylic oxidation sites excluding steroid dienone is 1. The SMILES string of the molecule is O=C(/C=C/c1ccc(Cl)cc1)Nc1nc2n(n1)[C@H](c1ccc(Cl)cc1)C=C(c1ccccc1)N2. The number of nitrogens with one attached hydrogen (secondary N) is 2. The van der Waals surface area contributed by atoms with Crippen LogP contribution in [-0.4, -0.2) is 20.7 Å². The molecule has 34 heavy (non-hydrogen) atoms. The van der Waals surface area contributed by atoms with Crippen molar-refractivity contribution >= 4 is 52.8 Å². The van der Waals surface area contributed by atoms with Gasteiger partial charge in [0.25, 0.3) is 11.9 Å². The van der Waals surface area contributed by atoms with Crippen LogP contribution in [0, 0.1) is 0 Å². The second-order valence-electron chi connectivity index (χ2n) is 7.65. The molecule has 2 N–H and O–H groups in total. The van der Waals surface area contributed by atoms with E-state index in [9.17, 15) is 4.79 Å². The molecule has 0 fully saturated rings. The fourth-order valence-electron chi connectivity index (χ4n) is 3.63. The summed E-state index contributed by atoms with van der Waals surface area (Å²) in [6, 6.07) is 24.5. The molecule has 0 aliphatic carbocycles. The molecule has 0 spiro atoms. The van der Waals surface area contributed by atoms with Crippen molar-refractivity contribution in [3.05, 3.63) is 118 Å². The summed E-state index contributed by atoms with van der Waals surface area (Å²) in [5, 5.41) is 11.9. The highest BCUT2D eigenvalue weighted by Crippen LogP contribution is 2.33. The Bertz CT molecular complexity index is 1380. The molecule has 2 heterocycles. The Morgan fingerprint density at radius 1 is 0.941 bits per heavy atom. The zero-order chi connectivity index (χ0) is 23.5. The van der Waals surface area contributed by atoms with Crippen LogP contribution in [0.15, 0.2) is 91.0 Å². The second-order valence-corrected chi connectivity index (χ2v) is 8.52. The van der Waals surface area contributed by atoms with Gasteiger partial charge in [-0.25, -0.2) is 4.68 Å². The van der Waals surface area contributed by atoms with E-state index in [0.29, 0.717) is 16.0 Å². The molecule has 1 aliphatic rings. The van der Waals surface area contributed by atoms with Crippen LogP contribution in [0.1, 0.15) is 22.7 Å². The number of nitrogens with zero attached hydrogens (tertiary/aromatic N) is 3. The maximum atomic E-state index is 12.5. The zero-order valence-electron chi connectivity index (χ0n) is 17.8. The van der Waals surface area contributed by atoms with Crippen LogP contribution in [0.25, 0.3) is 11.8 Å². The van der Waals surface area contributed by atoms with Gasteiger partial charge in [0.2, 0.25) is 5.95 Å². The van der Waals surface area contributed by atoms with E-state index in [4.69, 9.17) is 23.2 Å². The lowest BCUT2D eigenvalue weighted by Crippen LogP contribution is -2.20. The van der Waals surface area contributed by atoms with Crippen molar-refractivity contribution in [1.29, 1.82) is 0 Å². The van der Waals surface area contributed by atoms with Gasteiger partial charge < -0.3 is 5.32 Å². The van der Waals surface area contributed by atoms with E-state index in [1.54, 1.807) is 22.9 Å². The Morgan fingerprint density at radius 3 is 2.32 bits per heavy atom. The molecule has 1 atom stereocenters. The van der Waals surface area contributed by atoms with Gasteiger partial charge in [0.1, 0.15) is 6.04 Å². The predicted octanol–water partition coefficient (Wildman–Crippen LogP) is 6.29. The van der Waals surface area contributed by atoms with E-state index < -0.39 is 0 Å². The molecule has 1 amide bonds. The van der Waals surface area contributed by atoms with Crippen molar-refractivity contribution in [3.63, 3.8) is 0 Å². The van der Waals surface area contributed by atoms with Gasteiger partial charge in [-0.15, -0.1) is 5.10 Å². The average Bonchev–Trinajstić information content (AvgIpc) is 3.26. The molecule has 1 aromatic heterocycles. The summed E-state index contributed by atoms with van der Waals surface area (Å²) in [6.07, 6.45) is 5.21. The number of carbonyl (C=O) groups is 1. The first-order valence-corrected chi connectivity index (χ1v) is 11.3. The third-order valence-corrected chi connectivity index (χ3v) is 5.80. The Labute approximate surface area is 206 Å². The Kier molecular flexibility index (Phi) is 6.16. The number of carbonyl (C=O) groups excluding carboxylic acids is 1. The number of fused-ring (bicyclic) bond motifs is 1. The third kappa shape index (κ3) is 4.88. The number of halogens is 2. The summed E-state index contributed by atoms with van der Waals surface area (Å²) in [4.78, 5) is 17.0. The first-order valence-electron chi connectivity index (χ1n) is 10.6. The maximum Gasteiger partial charge on any atom is 0.250 e. The molecule has 3 aromatic carbocycles. The lowest BCUT2D eigenvalue weighted by molar-refractivity contribution is -0.111. The number of anilines is 2. The van der Waals surface area contributed by atoms with E-state index in [-0.39, 0.29) is 17.9 Å². The highest BCUT2D eigenvalue weighted by molar-refractivity contribution is 6.30. The van der Waals surface area contributed by atoms with E-state index >= 15 is 0 Å². The van der Waals surface area contributed by atoms with Crippen LogP contribution in [0.4, 0.5) is 11.9 Å². The average molecular weight is 488 g/mol. The van der Waals surface area contributed by atoms with Crippen molar-refractivity contribution < 1.29 is 4.79 Å². The van der Waals surface area contributed by atoms with Gasteiger partial charge in [0.15, 0.2) is 0 Å². The zero-order valence-corrected chi connectivity index (χ0v) is 19.3. The third-order valence-electron chi connectivity index (χ3n) is 5.29. The summed E-state index contributed by atoms with van der Waals surface area (Å²) in [5.41, 5.74) is 3.77. The minimum atomic E-state index is -0.336. The molecule has 0 unspecified atom stereocenters. The van der Waals surface area contributed by atoms with Crippen molar-refractivity contribution in [1.82, 2.24) is 14.8 Å². The summed E-state index contributed by atoms with van der Waals surface area (Å²) in [6.45, 7) is 0. The van der Waals surface area contributed by atoms with E-state index in [1.807, 2.05) is 66.7 Å². The van der Waals surface area contributed by atoms with Gasteiger partial charge in [-0.1, -0.05) is 77.8 Å². The summed E-state index contributed by atoms with van der Waals surface area (Å²) < 4.78 is 1.74. The quantitative estimate of drug-likeness (QED) is 0.324. The number of benzene rings is 3. The standard InChI is InChI=1S/C26H19Cl2N5O/c27-20-11-6-17(7-12-20)8-15-24(34)30-25-31-26-29-22(18-4-2-1-3-5-18)16-23(33(26)32-25)19-9-13-21(28)14-10-19/h1-16,23H,(H2,29,30,31,32,34)/b15-8+/t23-/m0/s1. The van der Waals surface area contributed by atoms with Crippen LogP contribution in [0.2, 0.25) is 10.0 Å². The number of hydrogen-bond acceptors (Lipinski definition) is 4. The summed E-state index contributed by atoms with van der Waals surface area (Å²) >= 11 is 12.0. The highest BCUT2D eigenvalue weighted by Gasteiger charge is 2.25. The van der Waals surface area contributed by atoms with Gasteiger partial charge in [-0.2, -0.15) is 4.98 Å². The topological polar surface area (TPSA) is 71.8 Å². The molecule has 6 nitrogen and oxygen atoms in total. The van der Waals surface area contributed by atoms with Crippen molar-refractivity contribution in [2.45, 2.75) is 6.04 Å². The van der Waals surface area contributed by atoms with Crippen molar-refractivity contribution in [2.24, 2.45) is 0 Å². The normalized spacial score (nSPS) is 14.9. The predicted molar refractivity (Wildman–Crippen MR) is 137 cm³/mol. The molecule has 168 valence electrons. The van der Waals surface area contributed by atoms with Crippen LogP contribution in [-0.2, 0) is 4.79 Å². The van der Waals surface area contributed by atoms with Crippen LogP contribution >= 0.6 is 23.2 Å². The summed E-state index contributed by atoms with van der Waals surface area (Å²) in [7, 11) is 0. The first kappa shape index (κ1) is 21.9. The molecular formula is C26H19Cl2N5O. The Morgan fingerprint density at radius 2 is 1.62 bits per heavy atom. The van der Waals surface area contributed by atoms with Crippen molar-refractivity contribution in [2.75, 3.05) is 10.6 Å². The van der Waals surface area contributed by atoms with E-state index in [0.717, 1.165) is 22.4 Å². The fraction of sp³-hybridized carbons (Fsp3) is 0.0385. The number of rotatable bonds is 5. The molecular weight excluding hydrogens is 469 g/mol. The fourth-order valence-corrected chi connectivity index (χ4v) is 3.88. The Hall–Kier alpha value is -3.87. The number of amides is 1. The monoisotopic (exact) mass is 487 g/mol. The lowest BCUT2D eigenvalue weighted by Gasteiger charge is -2.24. The molecule has 0 bridgehead atoms. The molecule has 5 rings (SSSR count). The minimum Gasteiger partial charge on any atom is -0.324 e. The van der Waals surface area contributed by atoms with Gasteiger partial charge in [-0.3, -0.25) is 10.1 Å². The highest BCUT2D eigenvalue weighted by atomic mass is 35.5. The smallest absolute Gasteiger partial charge is 0.250 e. The van der Waals surface area contributed by atoms with Crippen LogP contribution in [0.3, 0.4) is 0 Å².